The van der Waals surface area contributed by atoms with E-state index in [0.29, 0.717) is 16.6 Å². The summed E-state index contributed by atoms with van der Waals surface area (Å²) in [7, 11) is 0. The van der Waals surface area contributed by atoms with Gasteiger partial charge in [0.25, 0.3) is 0 Å². The Hall–Kier alpha value is -2.48. The summed E-state index contributed by atoms with van der Waals surface area (Å²) in [6.45, 7) is 1.76. The number of carbonyl (C=O) groups excluding carboxylic acids is 2. The lowest BCUT2D eigenvalue weighted by molar-refractivity contribution is -0.137. The summed E-state index contributed by atoms with van der Waals surface area (Å²) < 4.78 is 0. The normalized spacial score (nSPS) is 11.9. The maximum atomic E-state index is 12.5. The number of aromatic nitrogens is 2. The van der Waals surface area contributed by atoms with Gasteiger partial charge in [-0.15, -0.1) is 10.2 Å². The van der Waals surface area contributed by atoms with Crippen LogP contribution in [0, 0.1) is 0 Å². The largest absolute Gasteiger partial charge is 0.374 e. The molecule has 0 radical (unpaired) electrons. The summed E-state index contributed by atoms with van der Waals surface area (Å²) in [6.07, 6.45) is 0.656. The standard InChI is InChI=1S/C15H19N5O2S/c1-10(11-5-3-2-4-6-11)20(9-12(16)21)14(22)8-7-13-18-19-15(17)23-13/h2-6,10H,7-9H2,1H3,(H2,16,21)(H2,17,19)/t10-/m1/s1. The van der Waals surface area contributed by atoms with Gasteiger partial charge in [0.1, 0.15) is 5.01 Å². The van der Waals surface area contributed by atoms with Gasteiger partial charge in [0.05, 0.1) is 12.6 Å². The Kier molecular flexibility index (Phi) is 5.64. The topological polar surface area (TPSA) is 115 Å². The van der Waals surface area contributed by atoms with Crippen molar-refractivity contribution >= 4 is 28.3 Å². The van der Waals surface area contributed by atoms with Crippen LogP contribution in [0.25, 0.3) is 0 Å². The molecule has 2 rings (SSSR count). The second-order valence-corrected chi connectivity index (χ2v) is 6.20. The molecule has 122 valence electrons. The predicted molar refractivity (Wildman–Crippen MR) is 88.4 cm³/mol. The number of nitrogens with zero attached hydrogens (tertiary/aromatic N) is 3. The quantitative estimate of drug-likeness (QED) is 0.788. The van der Waals surface area contributed by atoms with E-state index < -0.39 is 5.91 Å². The van der Waals surface area contributed by atoms with Gasteiger partial charge in [0.15, 0.2) is 0 Å². The van der Waals surface area contributed by atoms with Gasteiger partial charge >= 0.3 is 0 Å². The van der Waals surface area contributed by atoms with E-state index in [1.165, 1.54) is 16.2 Å². The van der Waals surface area contributed by atoms with Crippen molar-refractivity contribution in [3.8, 4) is 0 Å². The van der Waals surface area contributed by atoms with Crippen molar-refractivity contribution in [2.24, 2.45) is 5.73 Å². The zero-order valence-electron chi connectivity index (χ0n) is 12.8. The van der Waals surface area contributed by atoms with Gasteiger partial charge in [0.2, 0.25) is 16.9 Å². The van der Waals surface area contributed by atoms with Crippen LogP contribution in [0.2, 0.25) is 0 Å². The van der Waals surface area contributed by atoms with E-state index in [1.807, 2.05) is 37.3 Å². The van der Waals surface area contributed by atoms with Crippen LogP contribution in [0.5, 0.6) is 0 Å². The Morgan fingerprint density at radius 2 is 1.96 bits per heavy atom. The van der Waals surface area contributed by atoms with E-state index in [0.717, 1.165) is 5.56 Å². The van der Waals surface area contributed by atoms with Crippen LogP contribution >= 0.6 is 11.3 Å². The fourth-order valence-electron chi connectivity index (χ4n) is 2.25. The Labute approximate surface area is 138 Å². The molecule has 8 heteroatoms. The van der Waals surface area contributed by atoms with Gasteiger partial charge in [0, 0.05) is 12.8 Å². The first-order valence-electron chi connectivity index (χ1n) is 7.18. The van der Waals surface area contributed by atoms with Crippen molar-refractivity contribution < 1.29 is 9.59 Å². The van der Waals surface area contributed by atoms with Crippen LogP contribution in [0.3, 0.4) is 0 Å². The minimum atomic E-state index is -0.540. The fourth-order valence-corrected chi connectivity index (χ4v) is 2.85. The molecule has 0 aliphatic heterocycles. The second kappa shape index (κ2) is 7.68. The van der Waals surface area contributed by atoms with Gasteiger partial charge < -0.3 is 16.4 Å². The number of nitrogen functional groups attached to an aromatic ring is 1. The molecule has 1 aromatic carbocycles. The molecule has 0 saturated heterocycles. The zero-order chi connectivity index (χ0) is 16.8. The minimum absolute atomic E-state index is 0.118. The number of hydrogen-bond donors (Lipinski definition) is 2. The average molecular weight is 333 g/mol. The first kappa shape index (κ1) is 16.9. The summed E-state index contributed by atoms with van der Waals surface area (Å²) in [5.74, 6) is -0.699. The molecule has 0 bridgehead atoms. The maximum absolute atomic E-state index is 12.5. The van der Waals surface area contributed by atoms with E-state index in [-0.39, 0.29) is 24.9 Å². The molecule has 2 aromatic rings. The highest BCUT2D eigenvalue weighted by atomic mass is 32.1. The molecule has 7 nitrogen and oxygen atoms in total. The van der Waals surface area contributed by atoms with E-state index >= 15 is 0 Å². The zero-order valence-corrected chi connectivity index (χ0v) is 13.6. The molecular formula is C15H19N5O2S. The van der Waals surface area contributed by atoms with Crippen molar-refractivity contribution in [2.75, 3.05) is 12.3 Å². The monoisotopic (exact) mass is 333 g/mol. The van der Waals surface area contributed by atoms with E-state index in [4.69, 9.17) is 11.5 Å². The van der Waals surface area contributed by atoms with Crippen molar-refractivity contribution in [1.82, 2.24) is 15.1 Å². The highest BCUT2D eigenvalue weighted by Crippen LogP contribution is 2.21. The first-order valence-corrected chi connectivity index (χ1v) is 7.99. The molecule has 0 saturated carbocycles. The Balaban J connectivity index is 2.07. The van der Waals surface area contributed by atoms with E-state index in [9.17, 15) is 9.59 Å². The van der Waals surface area contributed by atoms with E-state index in [1.54, 1.807) is 0 Å². The lowest BCUT2D eigenvalue weighted by Crippen LogP contribution is -2.40. The molecule has 0 unspecified atom stereocenters. The Bertz CT molecular complexity index is 674. The third-order valence-electron chi connectivity index (χ3n) is 3.43. The molecule has 1 heterocycles. The molecule has 2 amide bonds. The smallest absolute Gasteiger partial charge is 0.237 e. The van der Waals surface area contributed by atoms with Crippen LogP contribution < -0.4 is 11.5 Å². The highest BCUT2D eigenvalue weighted by molar-refractivity contribution is 7.15. The number of anilines is 1. The van der Waals surface area contributed by atoms with Crippen molar-refractivity contribution in [1.29, 1.82) is 0 Å². The Morgan fingerprint density at radius 1 is 1.26 bits per heavy atom. The van der Waals surface area contributed by atoms with Gasteiger partial charge in [-0.2, -0.15) is 0 Å². The average Bonchev–Trinajstić information content (AvgIpc) is 2.96. The molecule has 0 aliphatic rings. The number of hydrogen-bond acceptors (Lipinski definition) is 6. The lowest BCUT2D eigenvalue weighted by Gasteiger charge is -2.28. The van der Waals surface area contributed by atoms with E-state index in [2.05, 4.69) is 10.2 Å². The van der Waals surface area contributed by atoms with Crippen LogP contribution in [0.15, 0.2) is 30.3 Å². The van der Waals surface area contributed by atoms with Gasteiger partial charge in [-0.05, 0) is 12.5 Å². The fraction of sp³-hybridized carbons (Fsp3) is 0.333. The van der Waals surface area contributed by atoms with Gasteiger partial charge in [-0.3, -0.25) is 9.59 Å². The molecule has 1 atom stereocenters. The third kappa shape index (κ3) is 4.75. The molecule has 0 aliphatic carbocycles. The second-order valence-electron chi connectivity index (χ2n) is 5.11. The molecular weight excluding hydrogens is 314 g/mol. The lowest BCUT2D eigenvalue weighted by atomic mass is 10.1. The van der Waals surface area contributed by atoms with Crippen LogP contribution in [-0.4, -0.2) is 33.5 Å². The number of nitrogens with two attached hydrogens (primary N) is 2. The van der Waals surface area contributed by atoms with Crippen molar-refractivity contribution in [3.63, 3.8) is 0 Å². The van der Waals surface area contributed by atoms with Gasteiger partial charge in [-0.25, -0.2) is 0 Å². The van der Waals surface area contributed by atoms with Gasteiger partial charge in [-0.1, -0.05) is 41.7 Å². The number of rotatable bonds is 7. The van der Waals surface area contributed by atoms with Crippen molar-refractivity contribution in [3.05, 3.63) is 40.9 Å². The van der Waals surface area contributed by atoms with Crippen LogP contribution in [-0.2, 0) is 16.0 Å². The first-order chi connectivity index (χ1) is 11.0. The summed E-state index contributed by atoms with van der Waals surface area (Å²) in [5.41, 5.74) is 11.8. The summed E-state index contributed by atoms with van der Waals surface area (Å²) in [5, 5.41) is 8.68. The summed E-state index contributed by atoms with van der Waals surface area (Å²) >= 11 is 1.25. The van der Waals surface area contributed by atoms with Crippen molar-refractivity contribution in [2.45, 2.75) is 25.8 Å². The summed E-state index contributed by atoms with van der Waals surface area (Å²) in [4.78, 5) is 25.3. The summed E-state index contributed by atoms with van der Waals surface area (Å²) in [6, 6.07) is 9.27. The Morgan fingerprint density at radius 3 is 2.52 bits per heavy atom. The number of aryl methyl sites for hydroxylation is 1. The number of primary amides is 1. The molecule has 0 fully saturated rings. The highest BCUT2D eigenvalue weighted by Gasteiger charge is 2.23. The number of amides is 2. The molecule has 4 N–H and O–H groups in total. The maximum Gasteiger partial charge on any atom is 0.237 e. The predicted octanol–water partition coefficient (Wildman–Crippen LogP) is 1.13. The number of carbonyl (C=O) groups is 2. The number of benzene rings is 1. The third-order valence-corrected chi connectivity index (χ3v) is 4.24. The van der Waals surface area contributed by atoms with Crippen LogP contribution in [0.4, 0.5) is 5.13 Å². The molecule has 23 heavy (non-hydrogen) atoms. The van der Waals surface area contributed by atoms with Crippen LogP contribution in [0.1, 0.15) is 30.0 Å². The SMILES string of the molecule is C[C@H](c1ccccc1)N(CC(N)=O)C(=O)CCc1nnc(N)s1. The molecule has 0 spiro atoms. The molecule has 1 aromatic heterocycles. The minimum Gasteiger partial charge on any atom is -0.374 e.